The Kier molecular flexibility index (Phi) is 2.82. The largest absolute Gasteiger partial charge is 0.480 e. The number of anilines is 1. The van der Waals surface area contributed by atoms with Gasteiger partial charge in [0.05, 0.1) is 5.56 Å². The summed E-state index contributed by atoms with van der Waals surface area (Å²) in [6, 6.07) is 5.04. The Morgan fingerprint density at radius 1 is 1.69 bits per heavy atom. The maximum absolute atomic E-state index is 10.2. The van der Waals surface area contributed by atoms with Crippen LogP contribution in [0.25, 0.3) is 0 Å². The maximum Gasteiger partial charge on any atom is 0.322 e. The van der Waals surface area contributed by atoms with E-state index in [-0.39, 0.29) is 6.54 Å². The lowest BCUT2D eigenvalue weighted by Gasteiger charge is -2.00. The van der Waals surface area contributed by atoms with Crippen molar-refractivity contribution in [2.45, 2.75) is 0 Å². The molecule has 0 unspecified atom stereocenters. The molecule has 5 heteroatoms. The van der Waals surface area contributed by atoms with Gasteiger partial charge in [-0.1, -0.05) is 0 Å². The Hall–Kier alpha value is -2.09. The molecule has 0 saturated heterocycles. The van der Waals surface area contributed by atoms with Gasteiger partial charge in [0.15, 0.2) is 0 Å². The zero-order chi connectivity index (χ0) is 9.68. The topological polar surface area (TPSA) is 86.0 Å². The van der Waals surface area contributed by atoms with E-state index >= 15 is 0 Å². The van der Waals surface area contributed by atoms with Gasteiger partial charge in [0.25, 0.3) is 0 Å². The van der Waals surface area contributed by atoms with Crippen LogP contribution in [0.5, 0.6) is 0 Å². The van der Waals surface area contributed by atoms with Crippen LogP contribution in [-0.4, -0.2) is 22.6 Å². The van der Waals surface area contributed by atoms with Gasteiger partial charge in [-0.15, -0.1) is 0 Å². The number of nitriles is 1. The molecule has 1 heterocycles. The highest BCUT2D eigenvalue weighted by Gasteiger charge is 1.97. The van der Waals surface area contributed by atoms with Gasteiger partial charge in [0, 0.05) is 6.20 Å². The van der Waals surface area contributed by atoms with Gasteiger partial charge < -0.3 is 10.4 Å². The van der Waals surface area contributed by atoms with Crippen LogP contribution in [0.3, 0.4) is 0 Å². The van der Waals surface area contributed by atoms with Crippen LogP contribution in [0, 0.1) is 11.3 Å². The summed E-state index contributed by atoms with van der Waals surface area (Å²) >= 11 is 0. The number of pyridine rings is 1. The Morgan fingerprint density at radius 3 is 2.92 bits per heavy atom. The van der Waals surface area contributed by atoms with Crippen molar-refractivity contribution in [3.8, 4) is 6.07 Å². The summed E-state index contributed by atoms with van der Waals surface area (Å²) in [5, 5.41) is 19.4. The Balaban J connectivity index is 2.60. The fraction of sp³-hybridized carbons (Fsp3) is 0.125. The molecule has 0 aromatic carbocycles. The normalized spacial score (nSPS) is 8.85. The first-order chi connectivity index (χ1) is 6.22. The third-order valence-corrected chi connectivity index (χ3v) is 1.31. The summed E-state index contributed by atoms with van der Waals surface area (Å²) in [6.07, 6.45) is 1.38. The quantitative estimate of drug-likeness (QED) is 0.700. The van der Waals surface area contributed by atoms with Gasteiger partial charge in [0.1, 0.15) is 18.4 Å². The lowest BCUT2D eigenvalue weighted by molar-refractivity contribution is -0.134. The molecular formula is C8H7N3O2. The monoisotopic (exact) mass is 177 g/mol. The van der Waals surface area contributed by atoms with E-state index in [0.717, 1.165) is 0 Å². The number of aromatic nitrogens is 1. The molecule has 66 valence electrons. The molecule has 0 bridgehead atoms. The van der Waals surface area contributed by atoms with Crippen LogP contribution in [0.2, 0.25) is 0 Å². The van der Waals surface area contributed by atoms with Gasteiger partial charge in [-0.25, -0.2) is 4.98 Å². The Bertz CT molecular complexity index is 339. The second-order valence-electron chi connectivity index (χ2n) is 2.29. The number of nitrogens with one attached hydrogen (secondary N) is 1. The van der Waals surface area contributed by atoms with Gasteiger partial charge in [-0.2, -0.15) is 5.26 Å². The van der Waals surface area contributed by atoms with Gasteiger partial charge in [0.2, 0.25) is 0 Å². The van der Waals surface area contributed by atoms with E-state index in [1.165, 1.54) is 6.20 Å². The fourth-order valence-corrected chi connectivity index (χ4v) is 0.731. The number of nitrogens with zero attached hydrogens (tertiary/aromatic N) is 2. The molecule has 1 aromatic heterocycles. The SMILES string of the molecule is N#Cc1ccc(NCC(=O)O)nc1. The first-order valence-electron chi connectivity index (χ1n) is 3.54. The molecule has 0 amide bonds. The number of carbonyl (C=O) groups is 1. The van der Waals surface area contributed by atoms with Gasteiger partial charge in [-0.3, -0.25) is 4.79 Å². The van der Waals surface area contributed by atoms with Gasteiger partial charge in [-0.05, 0) is 12.1 Å². The van der Waals surface area contributed by atoms with E-state index in [1.54, 1.807) is 12.1 Å². The molecule has 0 aliphatic carbocycles. The van der Waals surface area contributed by atoms with Crippen LogP contribution in [0.1, 0.15) is 5.56 Å². The van der Waals surface area contributed by atoms with E-state index in [1.807, 2.05) is 6.07 Å². The van der Waals surface area contributed by atoms with Crippen LogP contribution in [-0.2, 0) is 4.79 Å². The summed E-state index contributed by atoms with van der Waals surface area (Å²) in [5.41, 5.74) is 0.445. The van der Waals surface area contributed by atoms with Crippen molar-refractivity contribution >= 4 is 11.8 Å². The lowest BCUT2D eigenvalue weighted by Crippen LogP contribution is -2.12. The average Bonchev–Trinajstić information content (AvgIpc) is 2.15. The molecule has 13 heavy (non-hydrogen) atoms. The summed E-state index contributed by atoms with van der Waals surface area (Å²) in [7, 11) is 0. The minimum atomic E-state index is -0.953. The predicted molar refractivity (Wildman–Crippen MR) is 45.1 cm³/mol. The van der Waals surface area contributed by atoms with Crippen molar-refractivity contribution in [1.82, 2.24) is 4.98 Å². The molecular weight excluding hydrogens is 170 g/mol. The Morgan fingerprint density at radius 2 is 2.46 bits per heavy atom. The highest BCUT2D eigenvalue weighted by atomic mass is 16.4. The molecule has 1 aromatic rings. The smallest absolute Gasteiger partial charge is 0.322 e. The highest BCUT2D eigenvalue weighted by Crippen LogP contribution is 2.02. The van der Waals surface area contributed by atoms with E-state index in [0.29, 0.717) is 11.4 Å². The van der Waals surface area contributed by atoms with Crippen LogP contribution in [0.15, 0.2) is 18.3 Å². The third-order valence-electron chi connectivity index (χ3n) is 1.31. The minimum Gasteiger partial charge on any atom is -0.480 e. The number of hydrogen-bond donors (Lipinski definition) is 2. The molecule has 2 N–H and O–H groups in total. The molecule has 1 rings (SSSR count). The number of aliphatic carboxylic acids is 1. The first-order valence-corrected chi connectivity index (χ1v) is 3.54. The fourth-order valence-electron chi connectivity index (χ4n) is 0.731. The van der Waals surface area contributed by atoms with Crippen molar-refractivity contribution in [3.63, 3.8) is 0 Å². The zero-order valence-electron chi connectivity index (χ0n) is 6.69. The third kappa shape index (κ3) is 2.79. The molecule has 0 radical (unpaired) electrons. The van der Waals surface area contributed by atoms with E-state index < -0.39 is 5.97 Å². The minimum absolute atomic E-state index is 0.182. The molecule has 0 fully saturated rings. The molecule has 0 aliphatic rings. The van der Waals surface area contributed by atoms with Crippen molar-refractivity contribution in [3.05, 3.63) is 23.9 Å². The maximum atomic E-state index is 10.2. The second-order valence-corrected chi connectivity index (χ2v) is 2.29. The van der Waals surface area contributed by atoms with Gasteiger partial charge >= 0.3 is 5.97 Å². The molecule has 0 saturated carbocycles. The van der Waals surface area contributed by atoms with Crippen LogP contribution in [0.4, 0.5) is 5.82 Å². The summed E-state index contributed by atoms with van der Waals surface area (Å²) in [5.74, 6) is -0.507. The van der Waals surface area contributed by atoms with Crippen LogP contribution < -0.4 is 5.32 Å². The summed E-state index contributed by atoms with van der Waals surface area (Å²) < 4.78 is 0. The zero-order valence-corrected chi connectivity index (χ0v) is 6.69. The lowest BCUT2D eigenvalue weighted by atomic mass is 10.3. The molecule has 0 aliphatic heterocycles. The first kappa shape index (κ1) is 9.00. The van der Waals surface area contributed by atoms with E-state index in [2.05, 4.69) is 10.3 Å². The van der Waals surface area contributed by atoms with E-state index in [9.17, 15) is 4.79 Å². The number of rotatable bonds is 3. The molecule has 0 spiro atoms. The summed E-state index contributed by atoms with van der Waals surface area (Å²) in [6.45, 7) is -0.182. The number of hydrogen-bond acceptors (Lipinski definition) is 4. The molecule has 0 atom stereocenters. The number of carboxylic acid groups (broad SMARTS) is 1. The highest BCUT2D eigenvalue weighted by molar-refractivity contribution is 5.72. The van der Waals surface area contributed by atoms with E-state index in [4.69, 9.17) is 10.4 Å². The van der Waals surface area contributed by atoms with Crippen molar-refractivity contribution < 1.29 is 9.90 Å². The average molecular weight is 177 g/mol. The Labute approximate surface area is 74.6 Å². The van der Waals surface area contributed by atoms with Crippen molar-refractivity contribution in [1.29, 1.82) is 5.26 Å². The molecule has 5 nitrogen and oxygen atoms in total. The van der Waals surface area contributed by atoms with Crippen LogP contribution >= 0.6 is 0 Å². The number of carboxylic acids is 1. The second kappa shape index (κ2) is 4.07. The standard InChI is InChI=1S/C8H7N3O2/c9-3-6-1-2-7(10-4-6)11-5-8(12)13/h1-2,4H,5H2,(H,10,11)(H,12,13). The summed E-state index contributed by atoms with van der Waals surface area (Å²) in [4.78, 5) is 14.0. The van der Waals surface area contributed by atoms with Crippen molar-refractivity contribution in [2.75, 3.05) is 11.9 Å². The van der Waals surface area contributed by atoms with Crippen molar-refractivity contribution in [2.24, 2.45) is 0 Å². The predicted octanol–water partition coefficient (Wildman–Crippen LogP) is 0.450.